The minimum Gasteiger partial charge on any atom is -0.591 e. The van der Waals surface area contributed by atoms with Crippen molar-refractivity contribution in [2.75, 3.05) is 32.8 Å². The van der Waals surface area contributed by atoms with E-state index in [0.29, 0.717) is 6.54 Å². The third-order valence-electron chi connectivity index (χ3n) is 3.78. The molecule has 22 heavy (non-hydrogen) atoms. The third kappa shape index (κ3) is 13.4. The molecule has 4 N–H and O–H groups in total. The number of nitrogens with zero attached hydrogens (tertiary/aromatic N) is 1. The van der Waals surface area contributed by atoms with Crippen molar-refractivity contribution in [1.82, 2.24) is 10.9 Å². The number of quaternary nitrogens is 1. The highest BCUT2D eigenvalue weighted by atomic mass is 16.6. The average Bonchev–Trinajstić information content (AvgIpc) is 2.53. The minimum absolute atomic E-state index is 0.0684. The average molecular weight is 319 g/mol. The van der Waals surface area contributed by atoms with Gasteiger partial charge in [-0.15, -0.1) is 10.9 Å². The number of hydrogen-bond acceptors (Lipinski definition) is 5. The molecule has 0 unspecified atom stereocenters. The molecule has 0 aromatic rings. The monoisotopic (exact) mass is 319 g/mol. The standard InChI is InChI=1S/C16H37N3O3/c1-2-3-4-5-6-7-8-9-10-11-14-19(22,17-12-15-20)18-13-16-21/h17-18,20-21H,2-16H2,1H3. The molecule has 0 saturated heterocycles. The van der Waals surface area contributed by atoms with Gasteiger partial charge < -0.3 is 15.4 Å². The van der Waals surface area contributed by atoms with Gasteiger partial charge in [-0.25, -0.2) is 4.86 Å². The van der Waals surface area contributed by atoms with Crippen LogP contribution in [0.3, 0.4) is 0 Å². The molecular formula is C16H37N3O3. The van der Waals surface area contributed by atoms with Gasteiger partial charge in [0, 0.05) is 6.42 Å². The topological polar surface area (TPSA) is 87.6 Å². The van der Waals surface area contributed by atoms with E-state index in [4.69, 9.17) is 10.2 Å². The molecule has 6 nitrogen and oxygen atoms in total. The first-order chi connectivity index (χ1) is 10.7. The maximum absolute atomic E-state index is 12.3. The molecule has 0 aliphatic carbocycles. The van der Waals surface area contributed by atoms with Crippen LogP contribution < -0.4 is 10.9 Å². The Labute approximate surface area is 136 Å². The summed E-state index contributed by atoms with van der Waals surface area (Å²) in [5.74, 6) is 0. The van der Waals surface area contributed by atoms with Crippen molar-refractivity contribution in [2.24, 2.45) is 0 Å². The van der Waals surface area contributed by atoms with Gasteiger partial charge in [0.2, 0.25) is 0 Å². The van der Waals surface area contributed by atoms with E-state index in [2.05, 4.69) is 17.8 Å². The molecule has 0 radical (unpaired) electrons. The van der Waals surface area contributed by atoms with Crippen LogP contribution in [0.5, 0.6) is 0 Å². The van der Waals surface area contributed by atoms with E-state index in [1.165, 1.54) is 51.4 Å². The Kier molecular flexibility index (Phi) is 15.5. The molecule has 134 valence electrons. The summed E-state index contributed by atoms with van der Waals surface area (Å²) in [6, 6.07) is 0. The molecule has 6 heteroatoms. The van der Waals surface area contributed by atoms with Crippen molar-refractivity contribution >= 4 is 0 Å². The minimum atomic E-state index is -0.738. The van der Waals surface area contributed by atoms with Gasteiger partial charge in [0.05, 0.1) is 26.3 Å². The van der Waals surface area contributed by atoms with Crippen LogP contribution in [0.15, 0.2) is 0 Å². The maximum atomic E-state index is 12.3. The molecular weight excluding hydrogens is 282 g/mol. The second-order valence-corrected chi connectivity index (χ2v) is 5.91. The van der Waals surface area contributed by atoms with Crippen molar-refractivity contribution in [1.29, 1.82) is 0 Å². The van der Waals surface area contributed by atoms with Crippen molar-refractivity contribution in [3.63, 3.8) is 0 Å². The predicted molar refractivity (Wildman–Crippen MR) is 90.5 cm³/mol. The molecule has 0 saturated carbocycles. The number of unbranched alkanes of at least 4 members (excludes halogenated alkanes) is 9. The second kappa shape index (κ2) is 15.6. The van der Waals surface area contributed by atoms with Crippen molar-refractivity contribution in [3.05, 3.63) is 5.21 Å². The molecule has 0 rings (SSSR count). The highest BCUT2D eigenvalue weighted by molar-refractivity contribution is 4.48. The molecule has 0 amide bonds. The largest absolute Gasteiger partial charge is 0.591 e. The van der Waals surface area contributed by atoms with E-state index >= 15 is 0 Å². The Hall–Kier alpha value is -0.240. The number of hydrogen-bond donors (Lipinski definition) is 4. The molecule has 0 aliphatic heterocycles. The predicted octanol–water partition coefficient (Wildman–Crippen LogP) is 2.22. The lowest BCUT2D eigenvalue weighted by molar-refractivity contribution is -0.966. The second-order valence-electron chi connectivity index (χ2n) is 5.91. The van der Waals surface area contributed by atoms with Gasteiger partial charge in [0.1, 0.15) is 6.54 Å². The Bertz CT molecular complexity index is 223. The lowest BCUT2D eigenvalue weighted by atomic mass is 10.1. The van der Waals surface area contributed by atoms with Gasteiger partial charge in [-0.2, -0.15) is 0 Å². The first-order valence-corrected chi connectivity index (χ1v) is 8.99. The zero-order chi connectivity index (χ0) is 16.5. The molecule has 0 aliphatic rings. The number of aliphatic hydroxyl groups is 2. The molecule has 0 atom stereocenters. The molecule has 0 fully saturated rings. The van der Waals surface area contributed by atoms with Crippen LogP contribution in [0.4, 0.5) is 0 Å². The van der Waals surface area contributed by atoms with Crippen molar-refractivity contribution < 1.29 is 15.1 Å². The number of rotatable bonds is 17. The summed E-state index contributed by atoms with van der Waals surface area (Å²) in [5.41, 5.74) is 5.44. The van der Waals surface area contributed by atoms with Crippen molar-refractivity contribution in [2.45, 2.75) is 71.1 Å². The fourth-order valence-corrected chi connectivity index (χ4v) is 2.50. The van der Waals surface area contributed by atoms with Crippen LogP contribution in [0.2, 0.25) is 0 Å². The van der Waals surface area contributed by atoms with Gasteiger partial charge in [0.25, 0.3) is 0 Å². The maximum Gasteiger partial charge on any atom is 0.114 e. The quantitative estimate of drug-likeness (QED) is 0.188. The van der Waals surface area contributed by atoms with Crippen LogP contribution in [0.25, 0.3) is 0 Å². The van der Waals surface area contributed by atoms with Crippen LogP contribution in [-0.2, 0) is 0 Å². The van der Waals surface area contributed by atoms with E-state index in [1.54, 1.807) is 0 Å². The third-order valence-corrected chi connectivity index (χ3v) is 3.78. The van der Waals surface area contributed by atoms with Crippen LogP contribution in [0.1, 0.15) is 71.1 Å². The highest BCUT2D eigenvalue weighted by Gasteiger charge is 2.15. The lowest BCUT2D eigenvalue weighted by Gasteiger charge is -2.40. The highest BCUT2D eigenvalue weighted by Crippen LogP contribution is 2.11. The zero-order valence-electron chi connectivity index (χ0n) is 14.4. The number of hydroxylamine groups is 1. The van der Waals surface area contributed by atoms with Crippen LogP contribution >= 0.6 is 0 Å². The molecule has 0 spiro atoms. The zero-order valence-corrected chi connectivity index (χ0v) is 14.4. The van der Waals surface area contributed by atoms with Gasteiger partial charge in [-0.3, -0.25) is 0 Å². The summed E-state index contributed by atoms with van der Waals surface area (Å²) in [4.78, 5) is -0.738. The summed E-state index contributed by atoms with van der Waals surface area (Å²) < 4.78 is 0. The summed E-state index contributed by atoms with van der Waals surface area (Å²) in [7, 11) is 0. The molecule has 0 heterocycles. The van der Waals surface area contributed by atoms with E-state index in [-0.39, 0.29) is 26.3 Å². The lowest BCUT2D eigenvalue weighted by Crippen LogP contribution is -2.63. The molecule has 0 aromatic carbocycles. The van der Waals surface area contributed by atoms with Crippen LogP contribution in [-0.4, -0.2) is 47.9 Å². The fourth-order valence-electron chi connectivity index (χ4n) is 2.50. The van der Waals surface area contributed by atoms with Gasteiger partial charge in [-0.1, -0.05) is 58.3 Å². The Morgan fingerprint density at radius 3 is 1.55 bits per heavy atom. The van der Waals surface area contributed by atoms with Crippen molar-refractivity contribution in [3.8, 4) is 0 Å². The SMILES string of the molecule is CCCCCCCCCCCC[N+]([O-])(NCCO)NCCO. The molecule has 0 bridgehead atoms. The molecule has 0 aromatic heterocycles. The first kappa shape index (κ1) is 21.8. The Morgan fingerprint density at radius 1 is 0.727 bits per heavy atom. The number of aliphatic hydroxyl groups excluding tert-OH is 2. The Balaban J connectivity index is 3.58. The normalized spacial score (nSPS) is 12.0. The van der Waals surface area contributed by atoms with Gasteiger partial charge in [0.15, 0.2) is 0 Å². The van der Waals surface area contributed by atoms with E-state index < -0.39 is 4.86 Å². The smallest absolute Gasteiger partial charge is 0.114 e. The van der Waals surface area contributed by atoms with E-state index in [0.717, 1.165) is 12.8 Å². The van der Waals surface area contributed by atoms with Crippen LogP contribution in [0, 0.1) is 5.21 Å². The summed E-state index contributed by atoms with van der Waals surface area (Å²) >= 11 is 0. The summed E-state index contributed by atoms with van der Waals surface area (Å²) in [6.45, 7) is 3.01. The van der Waals surface area contributed by atoms with E-state index in [1.807, 2.05) is 0 Å². The first-order valence-electron chi connectivity index (χ1n) is 8.99. The van der Waals surface area contributed by atoms with Gasteiger partial charge >= 0.3 is 0 Å². The summed E-state index contributed by atoms with van der Waals surface area (Å²) in [5, 5.41) is 30.0. The van der Waals surface area contributed by atoms with Gasteiger partial charge in [-0.05, 0) is 6.42 Å². The Morgan fingerprint density at radius 2 is 1.14 bits per heavy atom. The number of nitrogens with one attached hydrogen (secondary N) is 2. The fraction of sp³-hybridized carbons (Fsp3) is 1.00. The van der Waals surface area contributed by atoms with E-state index in [9.17, 15) is 5.21 Å². The summed E-state index contributed by atoms with van der Waals surface area (Å²) in [6.07, 6.45) is 12.3.